The van der Waals surface area contributed by atoms with Crippen LogP contribution in [-0.2, 0) is 0 Å². The van der Waals surface area contributed by atoms with Gasteiger partial charge >= 0.3 is 0 Å². The second kappa shape index (κ2) is 4.37. The average molecular weight is 235 g/mol. The van der Waals surface area contributed by atoms with E-state index in [0.717, 1.165) is 10.6 Å². The molecule has 0 fully saturated rings. The van der Waals surface area contributed by atoms with E-state index in [2.05, 4.69) is 44.0 Å². The summed E-state index contributed by atoms with van der Waals surface area (Å²) in [6.45, 7) is 8.63. The Kier molecular flexibility index (Phi) is 3.10. The van der Waals surface area contributed by atoms with Crippen LogP contribution in [0.1, 0.15) is 44.5 Å². The Morgan fingerprint density at radius 3 is 2.44 bits per heavy atom. The molecule has 0 aliphatic heterocycles. The monoisotopic (exact) mass is 235 g/mol. The van der Waals surface area contributed by atoms with Crippen LogP contribution < -0.4 is 0 Å². The number of hydrogen-bond donors (Lipinski definition) is 0. The summed E-state index contributed by atoms with van der Waals surface area (Å²) >= 11 is 1.75. The Bertz CT molecular complexity index is 424. The molecule has 4 heteroatoms. The molecule has 0 aliphatic rings. The quantitative estimate of drug-likeness (QED) is 0.812. The van der Waals surface area contributed by atoms with Crippen molar-refractivity contribution < 1.29 is 0 Å². The third kappa shape index (κ3) is 2.16. The van der Waals surface area contributed by atoms with E-state index in [1.807, 2.05) is 17.1 Å². The zero-order valence-electron chi connectivity index (χ0n) is 10.1. The lowest BCUT2D eigenvalue weighted by atomic mass is 10.2. The van der Waals surface area contributed by atoms with E-state index in [4.69, 9.17) is 0 Å². The molecule has 2 aromatic heterocycles. The second-order valence-electron chi connectivity index (χ2n) is 4.53. The van der Waals surface area contributed by atoms with E-state index < -0.39 is 0 Å². The van der Waals surface area contributed by atoms with Crippen LogP contribution in [0.5, 0.6) is 0 Å². The maximum atomic E-state index is 4.45. The third-order valence-corrected chi connectivity index (χ3v) is 3.82. The maximum Gasteiger partial charge on any atom is 0.126 e. The van der Waals surface area contributed by atoms with E-state index in [1.165, 1.54) is 4.88 Å². The first-order valence-electron chi connectivity index (χ1n) is 5.58. The molecule has 2 aromatic rings. The minimum Gasteiger partial charge on any atom is -0.270 e. The van der Waals surface area contributed by atoms with Crippen LogP contribution >= 0.6 is 11.3 Å². The van der Waals surface area contributed by atoms with Crippen LogP contribution in [0.15, 0.2) is 18.6 Å². The highest BCUT2D eigenvalue weighted by atomic mass is 32.1. The Morgan fingerprint density at radius 1 is 1.19 bits per heavy atom. The molecule has 0 saturated carbocycles. The summed E-state index contributed by atoms with van der Waals surface area (Å²) in [7, 11) is 0. The SMILES string of the molecule is CC(C)c1cnc(-c2cnn(C(C)C)c2)s1. The fraction of sp³-hybridized carbons (Fsp3) is 0.500. The van der Waals surface area contributed by atoms with E-state index in [1.54, 1.807) is 11.3 Å². The van der Waals surface area contributed by atoms with E-state index >= 15 is 0 Å². The normalized spacial score (nSPS) is 11.6. The Balaban J connectivity index is 2.28. The summed E-state index contributed by atoms with van der Waals surface area (Å²) in [5.74, 6) is 0.548. The first-order chi connectivity index (χ1) is 7.58. The first-order valence-corrected chi connectivity index (χ1v) is 6.40. The van der Waals surface area contributed by atoms with Crippen molar-refractivity contribution in [3.8, 4) is 10.6 Å². The van der Waals surface area contributed by atoms with Gasteiger partial charge in [-0.05, 0) is 19.8 Å². The first kappa shape index (κ1) is 11.3. The van der Waals surface area contributed by atoms with Gasteiger partial charge < -0.3 is 0 Å². The molecule has 0 saturated heterocycles. The zero-order chi connectivity index (χ0) is 11.7. The molecule has 0 bridgehead atoms. The summed E-state index contributed by atoms with van der Waals surface area (Å²) < 4.78 is 1.96. The molecule has 2 heterocycles. The number of aromatic nitrogens is 3. The summed E-state index contributed by atoms with van der Waals surface area (Å²) in [5.41, 5.74) is 1.12. The van der Waals surface area contributed by atoms with Crippen LogP contribution in [0, 0.1) is 0 Å². The summed E-state index contributed by atoms with van der Waals surface area (Å²) in [6.07, 6.45) is 5.92. The summed E-state index contributed by atoms with van der Waals surface area (Å²) in [4.78, 5) is 5.77. The lowest BCUT2D eigenvalue weighted by molar-refractivity contribution is 0.532. The lowest BCUT2D eigenvalue weighted by Gasteiger charge is -2.02. The van der Waals surface area contributed by atoms with Crippen molar-refractivity contribution in [3.63, 3.8) is 0 Å². The molecule has 0 amide bonds. The van der Waals surface area contributed by atoms with Gasteiger partial charge in [0.05, 0.1) is 6.20 Å². The van der Waals surface area contributed by atoms with Crippen LogP contribution in [-0.4, -0.2) is 14.8 Å². The van der Waals surface area contributed by atoms with Gasteiger partial charge in [-0.3, -0.25) is 4.68 Å². The summed E-state index contributed by atoms with van der Waals surface area (Å²) in [5, 5.41) is 5.39. The Labute approximate surface area is 100 Å². The number of thiazole rings is 1. The van der Waals surface area contributed by atoms with Crippen molar-refractivity contribution in [2.45, 2.75) is 39.7 Å². The van der Waals surface area contributed by atoms with Crippen LogP contribution in [0.2, 0.25) is 0 Å². The smallest absolute Gasteiger partial charge is 0.126 e. The van der Waals surface area contributed by atoms with Crippen LogP contribution in [0.25, 0.3) is 10.6 Å². The number of hydrogen-bond acceptors (Lipinski definition) is 3. The second-order valence-corrected chi connectivity index (χ2v) is 5.59. The molecule has 0 N–H and O–H groups in total. The van der Waals surface area contributed by atoms with Gasteiger partial charge in [0.25, 0.3) is 0 Å². The van der Waals surface area contributed by atoms with Gasteiger partial charge in [0.15, 0.2) is 0 Å². The predicted molar refractivity (Wildman–Crippen MR) is 67.8 cm³/mol. The van der Waals surface area contributed by atoms with Crippen molar-refractivity contribution in [1.82, 2.24) is 14.8 Å². The molecule has 86 valence electrons. The lowest BCUT2D eigenvalue weighted by Crippen LogP contribution is -1.99. The minimum absolute atomic E-state index is 0.401. The topological polar surface area (TPSA) is 30.7 Å². The van der Waals surface area contributed by atoms with Gasteiger partial charge in [0, 0.05) is 28.9 Å². The third-order valence-electron chi connectivity index (χ3n) is 2.47. The molecule has 0 aliphatic carbocycles. The van der Waals surface area contributed by atoms with Crippen molar-refractivity contribution in [3.05, 3.63) is 23.5 Å². The molecule has 3 nitrogen and oxygen atoms in total. The average Bonchev–Trinajstić information content (AvgIpc) is 2.86. The van der Waals surface area contributed by atoms with Crippen LogP contribution in [0.4, 0.5) is 0 Å². The highest BCUT2D eigenvalue weighted by Crippen LogP contribution is 2.29. The van der Waals surface area contributed by atoms with Gasteiger partial charge in [-0.25, -0.2) is 4.98 Å². The summed E-state index contributed by atoms with van der Waals surface area (Å²) in [6, 6.07) is 0.401. The largest absolute Gasteiger partial charge is 0.270 e. The molecule has 0 radical (unpaired) electrons. The molecule has 0 atom stereocenters. The van der Waals surface area contributed by atoms with Gasteiger partial charge in [0.2, 0.25) is 0 Å². The van der Waals surface area contributed by atoms with Crippen molar-refractivity contribution in [2.75, 3.05) is 0 Å². The zero-order valence-corrected chi connectivity index (χ0v) is 11.0. The molecular formula is C12H17N3S. The van der Waals surface area contributed by atoms with E-state index in [-0.39, 0.29) is 0 Å². The Hall–Kier alpha value is -1.16. The minimum atomic E-state index is 0.401. The fourth-order valence-corrected chi connectivity index (χ4v) is 2.31. The fourth-order valence-electron chi connectivity index (χ4n) is 1.42. The molecule has 0 spiro atoms. The van der Waals surface area contributed by atoms with Crippen molar-refractivity contribution in [2.24, 2.45) is 0 Å². The molecular weight excluding hydrogens is 218 g/mol. The highest BCUT2D eigenvalue weighted by Gasteiger charge is 2.10. The molecule has 0 aromatic carbocycles. The predicted octanol–water partition coefficient (Wildman–Crippen LogP) is 3.71. The molecule has 2 rings (SSSR count). The number of nitrogens with zero attached hydrogens (tertiary/aromatic N) is 3. The highest BCUT2D eigenvalue weighted by molar-refractivity contribution is 7.15. The Morgan fingerprint density at radius 2 is 1.94 bits per heavy atom. The van der Waals surface area contributed by atoms with Crippen molar-refractivity contribution in [1.29, 1.82) is 0 Å². The molecule has 0 unspecified atom stereocenters. The van der Waals surface area contributed by atoms with Gasteiger partial charge in [0.1, 0.15) is 5.01 Å². The van der Waals surface area contributed by atoms with E-state index in [9.17, 15) is 0 Å². The van der Waals surface area contributed by atoms with Gasteiger partial charge in [-0.2, -0.15) is 5.10 Å². The van der Waals surface area contributed by atoms with Gasteiger partial charge in [-0.1, -0.05) is 13.8 Å². The standard InChI is InChI=1S/C12H17N3S/c1-8(2)11-6-13-12(16-11)10-5-14-15(7-10)9(3)4/h5-9H,1-4H3. The maximum absolute atomic E-state index is 4.45. The van der Waals surface area contributed by atoms with Gasteiger partial charge in [-0.15, -0.1) is 11.3 Å². The van der Waals surface area contributed by atoms with Crippen LogP contribution in [0.3, 0.4) is 0 Å². The number of rotatable bonds is 3. The van der Waals surface area contributed by atoms with E-state index in [0.29, 0.717) is 12.0 Å². The molecule has 16 heavy (non-hydrogen) atoms. The van der Waals surface area contributed by atoms with Crippen molar-refractivity contribution >= 4 is 11.3 Å².